The topological polar surface area (TPSA) is 72.5 Å². The average molecular weight is 270 g/mol. The maximum Gasteiger partial charge on any atom is 0.407 e. The van der Waals surface area contributed by atoms with Crippen LogP contribution in [0, 0.1) is 0 Å². The molecular weight excluding hydrogens is 254 g/mol. The predicted molar refractivity (Wildman–Crippen MR) is 61.5 cm³/mol. The van der Waals surface area contributed by atoms with Gasteiger partial charge in [-0.05, 0) is 13.3 Å². The molecule has 1 heterocycles. The number of nitrogens with one attached hydrogen (secondary N) is 1. The van der Waals surface area contributed by atoms with Crippen molar-refractivity contribution in [3.8, 4) is 0 Å². The van der Waals surface area contributed by atoms with Crippen molar-refractivity contribution in [2.75, 3.05) is 11.5 Å². The Morgan fingerprint density at radius 3 is 2.62 bits per heavy atom. The van der Waals surface area contributed by atoms with E-state index in [1.165, 1.54) is 0 Å². The summed E-state index contributed by atoms with van der Waals surface area (Å²) in [5.41, 5.74) is 0. The van der Waals surface area contributed by atoms with E-state index in [0.717, 1.165) is 0 Å². The van der Waals surface area contributed by atoms with Crippen molar-refractivity contribution in [1.82, 2.24) is 5.32 Å². The zero-order valence-electron chi connectivity index (χ0n) is 9.27. The Hall–Kier alpha value is -0.490. The Morgan fingerprint density at radius 1 is 1.56 bits per heavy atom. The Balaban J connectivity index is 2.46. The SMILES string of the molecule is CC[C@H](C)OC(=O)N[C@@H]1CS(=O)(=O)C[C@@H]1Cl. The zero-order valence-corrected chi connectivity index (χ0v) is 10.8. The lowest BCUT2D eigenvalue weighted by molar-refractivity contribution is 0.102. The van der Waals surface area contributed by atoms with E-state index in [4.69, 9.17) is 16.3 Å². The Labute approximate surface area is 100 Å². The van der Waals surface area contributed by atoms with E-state index in [2.05, 4.69) is 5.32 Å². The molecule has 0 unspecified atom stereocenters. The average Bonchev–Trinajstić information content (AvgIpc) is 2.39. The van der Waals surface area contributed by atoms with Crippen molar-refractivity contribution in [3.63, 3.8) is 0 Å². The third-order valence-electron chi connectivity index (χ3n) is 2.47. The second-order valence-electron chi connectivity index (χ2n) is 3.97. The first kappa shape index (κ1) is 13.6. The molecule has 0 aromatic rings. The minimum absolute atomic E-state index is 0.0944. The molecule has 1 amide bonds. The summed E-state index contributed by atoms with van der Waals surface area (Å²) in [6, 6.07) is -0.553. The number of carbonyl (C=O) groups excluding carboxylic acids is 1. The number of hydrogen-bond donors (Lipinski definition) is 1. The second-order valence-corrected chi connectivity index (χ2v) is 6.68. The normalized spacial score (nSPS) is 29.7. The molecule has 0 saturated carbocycles. The van der Waals surface area contributed by atoms with E-state index < -0.39 is 27.3 Å². The van der Waals surface area contributed by atoms with Crippen LogP contribution in [0.2, 0.25) is 0 Å². The highest BCUT2D eigenvalue weighted by atomic mass is 35.5. The number of carbonyl (C=O) groups is 1. The fourth-order valence-electron chi connectivity index (χ4n) is 1.39. The van der Waals surface area contributed by atoms with Crippen LogP contribution in [0.4, 0.5) is 4.79 Å². The Bertz CT molecular complexity index is 357. The van der Waals surface area contributed by atoms with Gasteiger partial charge in [-0.2, -0.15) is 0 Å². The molecule has 7 heteroatoms. The van der Waals surface area contributed by atoms with Crippen LogP contribution in [-0.2, 0) is 14.6 Å². The van der Waals surface area contributed by atoms with Crippen LogP contribution in [-0.4, -0.2) is 43.5 Å². The predicted octanol–water partition coefficient (Wildman–Crippen LogP) is 0.915. The molecule has 1 N–H and O–H groups in total. The molecule has 5 nitrogen and oxygen atoms in total. The maximum atomic E-state index is 11.3. The lowest BCUT2D eigenvalue weighted by Crippen LogP contribution is -2.41. The quantitative estimate of drug-likeness (QED) is 0.773. The monoisotopic (exact) mass is 269 g/mol. The number of alkyl carbamates (subject to hydrolysis) is 1. The van der Waals surface area contributed by atoms with Gasteiger partial charge in [0.1, 0.15) is 6.10 Å². The summed E-state index contributed by atoms with van der Waals surface area (Å²) in [6.07, 6.45) is -0.0883. The highest BCUT2D eigenvalue weighted by Gasteiger charge is 2.37. The summed E-state index contributed by atoms with van der Waals surface area (Å²) in [4.78, 5) is 11.3. The van der Waals surface area contributed by atoms with Gasteiger partial charge >= 0.3 is 6.09 Å². The fraction of sp³-hybridized carbons (Fsp3) is 0.889. The van der Waals surface area contributed by atoms with E-state index in [-0.39, 0.29) is 17.6 Å². The molecule has 1 fully saturated rings. The highest BCUT2D eigenvalue weighted by molar-refractivity contribution is 7.91. The summed E-state index contributed by atoms with van der Waals surface area (Å²) in [7, 11) is -3.13. The van der Waals surface area contributed by atoms with Crippen molar-refractivity contribution in [3.05, 3.63) is 0 Å². The number of amides is 1. The molecule has 0 aromatic heterocycles. The van der Waals surface area contributed by atoms with Crippen LogP contribution in [0.25, 0.3) is 0 Å². The van der Waals surface area contributed by atoms with Gasteiger partial charge in [0, 0.05) is 0 Å². The molecule has 1 rings (SSSR count). The van der Waals surface area contributed by atoms with Gasteiger partial charge in [-0.1, -0.05) is 6.92 Å². The molecule has 1 aliphatic rings. The van der Waals surface area contributed by atoms with Crippen LogP contribution in [0.15, 0.2) is 0 Å². The number of hydrogen-bond acceptors (Lipinski definition) is 4. The van der Waals surface area contributed by atoms with Gasteiger partial charge in [0.25, 0.3) is 0 Å². The van der Waals surface area contributed by atoms with Crippen molar-refractivity contribution >= 4 is 27.5 Å². The summed E-state index contributed by atoms with van der Waals surface area (Å²) < 4.78 is 27.4. The lowest BCUT2D eigenvalue weighted by atomic mass is 10.2. The van der Waals surface area contributed by atoms with Crippen LogP contribution in [0.1, 0.15) is 20.3 Å². The second kappa shape index (κ2) is 5.23. The van der Waals surface area contributed by atoms with Gasteiger partial charge in [-0.3, -0.25) is 0 Å². The van der Waals surface area contributed by atoms with Crippen LogP contribution in [0.5, 0.6) is 0 Å². The van der Waals surface area contributed by atoms with Crippen LogP contribution in [0.3, 0.4) is 0 Å². The first-order valence-corrected chi connectivity index (χ1v) is 7.41. The standard InChI is InChI=1S/C9H16ClNO4S/c1-3-6(2)15-9(12)11-8-5-16(13,14)4-7(8)10/h6-8H,3-5H2,1-2H3,(H,11,12)/t6-,7-,8+/m0/s1. The minimum atomic E-state index is -3.13. The van der Waals surface area contributed by atoms with Crippen molar-refractivity contribution in [2.24, 2.45) is 0 Å². The molecule has 0 bridgehead atoms. The molecule has 0 radical (unpaired) electrons. The van der Waals surface area contributed by atoms with Gasteiger partial charge in [0.05, 0.1) is 22.9 Å². The van der Waals surface area contributed by atoms with E-state index in [0.29, 0.717) is 6.42 Å². The molecule has 0 aromatic carbocycles. The smallest absolute Gasteiger partial charge is 0.407 e. The molecule has 0 spiro atoms. The number of alkyl halides is 1. The lowest BCUT2D eigenvalue weighted by Gasteiger charge is -2.16. The molecular formula is C9H16ClNO4S. The van der Waals surface area contributed by atoms with Crippen LogP contribution < -0.4 is 5.32 Å². The third-order valence-corrected chi connectivity index (χ3v) is 4.85. The Kier molecular flexibility index (Phi) is 4.43. The summed E-state index contributed by atoms with van der Waals surface area (Å²) in [5, 5.41) is 1.90. The third kappa shape index (κ3) is 3.83. The minimum Gasteiger partial charge on any atom is -0.447 e. The molecule has 94 valence electrons. The van der Waals surface area contributed by atoms with E-state index in [1.54, 1.807) is 6.92 Å². The number of rotatable bonds is 3. The highest BCUT2D eigenvalue weighted by Crippen LogP contribution is 2.18. The van der Waals surface area contributed by atoms with Gasteiger partial charge in [0.15, 0.2) is 9.84 Å². The largest absolute Gasteiger partial charge is 0.447 e. The molecule has 1 saturated heterocycles. The van der Waals surface area contributed by atoms with Crippen molar-refractivity contribution in [1.29, 1.82) is 0 Å². The van der Waals surface area contributed by atoms with E-state index in [1.807, 2.05) is 6.92 Å². The van der Waals surface area contributed by atoms with Crippen LogP contribution >= 0.6 is 11.6 Å². The fourth-order valence-corrected chi connectivity index (χ4v) is 3.94. The first-order valence-electron chi connectivity index (χ1n) is 5.15. The zero-order chi connectivity index (χ0) is 12.3. The van der Waals surface area contributed by atoms with E-state index >= 15 is 0 Å². The van der Waals surface area contributed by atoms with Gasteiger partial charge < -0.3 is 10.1 Å². The summed E-state index contributed by atoms with van der Waals surface area (Å²) >= 11 is 5.83. The maximum absolute atomic E-state index is 11.3. The Morgan fingerprint density at radius 2 is 2.19 bits per heavy atom. The summed E-state index contributed by atoms with van der Waals surface area (Å²) in [6.45, 7) is 3.66. The van der Waals surface area contributed by atoms with Crippen molar-refractivity contribution < 1.29 is 17.9 Å². The van der Waals surface area contributed by atoms with Crippen molar-refractivity contribution in [2.45, 2.75) is 37.8 Å². The molecule has 3 atom stereocenters. The van der Waals surface area contributed by atoms with Gasteiger partial charge in [0.2, 0.25) is 0 Å². The van der Waals surface area contributed by atoms with E-state index in [9.17, 15) is 13.2 Å². The number of ether oxygens (including phenoxy) is 1. The van der Waals surface area contributed by atoms with Gasteiger partial charge in [-0.25, -0.2) is 13.2 Å². The van der Waals surface area contributed by atoms with Gasteiger partial charge in [-0.15, -0.1) is 11.6 Å². The summed E-state index contributed by atoms with van der Waals surface area (Å²) in [5.74, 6) is -0.209. The molecule has 1 aliphatic heterocycles. The molecule has 16 heavy (non-hydrogen) atoms. The molecule has 0 aliphatic carbocycles. The number of halogens is 1. The first-order chi connectivity index (χ1) is 7.34. The number of sulfone groups is 1.